The summed E-state index contributed by atoms with van der Waals surface area (Å²) in [5, 5.41) is 0. The lowest BCUT2D eigenvalue weighted by atomic mass is 10.1. The predicted octanol–water partition coefficient (Wildman–Crippen LogP) is 5.56. The summed E-state index contributed by atoms with van der Waals surface area (Å²) in [6.45, 7) is 1.65. The van der Waals surface area contributed by atoms with Gasteiger partial charge in [0.1, 0.15) is 5.71 Å². The maximum absolute atomic E-state index is 13.2. The van der Waals surface area contributed by atoms with Gasteiger partial charge in [-0.05, 0) is 24.6 Å². The van der Waals surface area contributed by atoms with Crippen molar-refractivity contribution in [3.63, 3.8) is 0 Å². The number of rotatable bonds is 3. The van der Waals surface area contributed by atoms with Crippen molar-refractivity contribution in [2.24, 2.45) is 4.99 Å². The molecule has 1 atom stereocenters. The molecular formula is C16H13BrF3N. The molecule has 0 fully saturated rings. The molecule has 0 radical (unpaired) electrons. The molecule has 0 bridgehead atoms. The Bertz CT molecular complexity index is 618. The molecule has 2 rings (SSSR count). The van der Waals surface area contributed by atoms with Gasteiger partial charge >= 0.3 is 6.18 Å². The molecule has 1 nitrogen and oxygen atoms in total. The molecule has 110 valence electrons. The Morgan fingerprint density at radius 1 is 1.00 bits per heavy atom. The van der Waals surface area contributed by atoms with Gasteiger partial charge in [-0.3, -0.25) is 4.99 Å². The third kappa shape index (κ3) is 4.17. The summed E-state index contributed by atoms with van der Waals surface area (Å²) < 4.78 is 40.4. The van der Waals surface area contributed by atoms with Gasteiger partial charge in [-0.15, -0.1) is 0 Å². The Morgan fingerprint density at radius 2 is 1.57 bits per heavy atom. The third-order valence-electron chi connectivity index (χ3n) is 2.99. The second-order valence-corrected chi connectivity index (χ2v) is 5.48. The zero-order valence-corrected chi connectivity index (χ0v) is 12.8. The van der Waals surface area contributed by atoms with Crippen LogP contribution in [0.3, 0.4) is 0 Å². The zero-order chi connectivity index (χ0) is 15.5. The molecule has 0 spiro atoms. The van der Waals surface area contributed by atoms with Gasteiger partial charge < -0.3 is 0 Å². The highest BCUT2D eigenvalue weighted by Crippen LogP contribution is 2.27. The summed E-state index contributed by atoms with van der Waals surface area (Å²) in [5.74, 6) is 0. The fourth-order valence-electron chi connectivity index (χ4n) is 1.92. The minimum Gasteiger partial charge on any atom is -0.272 e. The smallest absolute Gasteiger partial charge is 0.272 e. The number of benzene rings is 2. The van der Waals surface area contributed by atoms with Gasteiger partial charge in [0.25, 0.3) is 0 Å². The first-order valence-corrected chi connectivity index (χ1v) is 7.13. The zero-order valence-electron chi connectivity index (χ0n) is 11.2. The topological polar surface area (TPSA) is 12.4 Å². The molecule has 0 heterocycles. The van der Waals surface area contributed by atoms with Crippen molar-refractivity contribution in [2.45, 2.75) is 19.1 Å². The molecule has 0 aliphatic heterocycles. The minimum absolute atomic E-state index is 0.0634. The average molecular weight is 356 g/mol. The van der Waals surface area contributed by atoms with Crippen molar-refractivity contribution < 1.29 is 13.2 Å². The van der Waals surface area contributed by atoms with Crippen LogP contribution in [0.15, 0.2) is 64.1 Å². The fourth-order valence-corrected chi connectivity index (χ4v) is 2.18. The van der Waals surface area contributed by atoms with Crippen molar-refractivity contribution in [3.05, 3.63) is 70.2 Å². The molecule has 0 aromatic heterocycles. The van der Waals surface area contributed by atoms with Crippen LogP contribution in [-0.2, 0) is 0 Å². The molecule has 0 aliphatic carbocycles. The number of alkyl halides is 3. The van der Waals surface area contributed by atoms with Crippen LogP contribution in [0, 0.1) is 0 Å². The van der Waals surface area contributed by atoms with E-state index in [4.69, 9.17) is 0 Å². The van der Waals surface area contributed by atoms with Gasteiger partial charge in [0.05, 0.1) is 6.04 Å². The Balaban J connectivity index is 2.41. The molecule has 2 aromatic rings. The van der Waals surface area contributed by atoms with Gasteiger partial charge in [-0.1, -0.05) is 58.4 Å². The number of nitrogens with zero attached hydrogens (tertiary/aromatic N) is 1. The van der Waals surface area contributed by atoms with E-state index in [9.17, 15) is 13.2 Å². The normalized spacial score (nSPS) is 14.0. The number of hydrogen-bond donors (Lipinski definition) is 0. The van der Waals surface area contributed by atoms with Crippen LogP contribution >= 0.6 is 15.9 Å². The van der Waals surface area contributed by atoms with E-state index in [1.807, 2.05) is 6.07 Å². The summed E-state index contributed by atoms with van der Waals surface area (Å²) in [4.78, 5) is 3.89. The lowest BCUT2D eigenvalue weighted by Crippen LogP contribution is -2.24. The van der Waals surface area contributed by atoms with E-state index in [1.165, 1.54) is 12.1 Å². The van der Waals surface area contributed by atoms with Crippen molar-refractivity contribution in [2.75, 3.05) is 0 Å². The highest BCUT2D eigenvalue weighted by atomic mass is 79.9. The van der Waals surface area contributed by atoms with Gasteiger partial charge in [0, 0.05) is 10.0 Å². The van der Waals surface area contributed by atoms with E-state index in [2.05, 4.69) is 20.9 Å². The van der Waals surface area contributed by atoms with E-state index in [0.29, 0.717) is 0 Å². The Morgan fingerprint density at radius 3 is 2.10 bits per heavy atom. The van der Waals surface area contributed by atoms with E-state index in [1.54, 1.807) is 43.3 Å². The van der Waals surface area contributed by atoms with Crippen molar-refractivity contribution >= 4 is 21.6 Å². The SMILES string of the molecule is C[C@H](N=C(c1ccc(Br)cc1)C(F)(F)F)c1ccccc1. The second-order valence-electron chi connectivity index (χ2n) is 4.57. The summed E-state index contributed by atoms with van der Waals surface area (Å²) in [7, 11) is 0. The summed E-state index contributed by atoms with van der Waals surface area (Å²) >= 11 is 3.21. The molecule has 21 heavy (non-hydrogen) atoms. The quantitative estimate of drug-likeness (QED) is 0.639. The Labute approximate surface area is 129 Å². The van der Waals surface area contributed by atoms with E-state index < -0.39 is 17.9 Å². The van der Waals surface area contributed by atoms with Crippen LogP contribution < -0.4 is 0 Å². The van der Waals surface area contributed by atoms with Crippen molar-refractivity contribution in [1.29, 1.82) is 0 Å². The number of aliphatic imine (C=N–C) groups is 1. The molecule has 2 aromatic carbocycles. The molecule has 0 saturated carbocycles. The molecule has 0 aliphatic rings. The van der Waals surface area contributed by atoms with Crippen LogP contribution in [0.25, 0.3) is 0 Å². The molecular weight excluding hydrogens is 343 g/mol. The second kappa shape index (κ2) is 6.43. The van der Waals surface area contributed by atoms with Crippen LogP contribution in [0.4, 0.5) is 13.2 Å². The monoisotopic (exact) mass is 355 g/mol. The van der Waals surface area contributed by atoms with Gasteiger partial charge in [0.2, 0.25) is 0 Å². The first kappa shape index (κ1) is 15.8. The highest BCUT2D eigenvalue weighted by molar-refractivity contribution is 9.10. The van der Waals surface area contributed by atoms with Crippen LogP contribution in [-0.4, -0.2) is 11.9 Å². The maximum atomic E-state index is 13.2. The maximum Gasteiger partial charge on any atom is 0.433 e. The van der Waals surface area contributed by atoms with Gasteiger partial charge in [-0.2, -0.15) is 13.2 Å². The lowest BCUT2D eigenvalue weighted by Gasteiger charge is -2.14. The Hall–Kier alpha value is -1.62. The molecule has 0 N–H and O–H groups in total. The fraction of sp³-hybridized carbons (Fsp3) is 0.188. The molecule has 5 heteroatoms. The Kier molecular flexibility index (Phi) is 4.83. The highest BCUT2D eigenvalue weighted by Gasteiger charge is 2.37. The van der Waals surface area contributed by atoms with Crippen molar-refractivity contribution in [1.82, 2.24) is 0 Å². The van der Waals surface area contributed by atoms with Crippen LogP contribution in [0.5, 0.6) is 0 Å². The third-order valence-corrected chi connectivity index (χ3v) is 3.52. The van der Waals surface area contributed by atoms with E-state index in [0.717, 1.165) is 10.0 Å². The van der Waals surface area contributed by atoms with Gasteiger partial charge in [0.15, 0.2) is 0 Å². The van der Waals surface area contributed by atoms with Crippen molar-refractivity contribution in [3.8, 4) is 0 Å². The number of hydrogen-bond acceptors (Lipinski definition) is 1. The summed E-state index contributed by atoms with van der Waals surface area (Å²) in [6, 6.07) is 14.3. The number of halogens is 4. The molecule has 0 unspecified atom stereocenters. The van der Waals surface area contributed by atoms with E-state index >= 15 is 0 Å². The lowest BCUT2D eigenvalue weighted by molar-refractivity contribution is -0.0584. The van der Waals surface area contributed by atoms with Gasteiger partial charge in [-0.25, -0.2) is 0 Å². The molecule has 0 saturated heterocycles. The standard InChI is InChI=1S/C16H13BrF3N/c1-11(12-5-3-2-4-6-12)21-15(16(18,19)20)13-7-9-14(17)10-8-13/h2-11H,1H3/t11-/m0/s1. The first-order chi connectivity index (χ1) is 9.88. The van der Waals surface area contributed by atoms with Crippen LogP contribution in [0.1, 0.15) is 24.1 Å². The predicted molar refractivity (Wildman–Crippen MR) is 81.6 cm³/mol. The molecule has 0 amide bonds. The first-order valence-electron chi connectivity index (χ1n) is 6.34. The summed E-state index contributed by atoms with van der Waals surface area (Å²) in [6.07, 6.45) is -4.49. The van der Waals surface area contributed by atoms with E-state index in [-0.39, 0.29) is 5.56 Å². The minimum atomic E-state index is -4.49. The summed E-state index contributed by atoms with van der Waals surface area (Å²) in [5.41, 5.74) is -0.0452. The van der Waals surface area contributed by atoms with Crippen LogP contribution in [0.2, 0.25) is 0 Å². The average Bonchev–Trinajstić information content (AvgIpc) is 2.45. The largest absolute Gasteiger partial charge is 0.433 e.